The summed E-state index contributed by atoms with van der Waals surface area (Å²) in [7, 11) is 0. The second-order valence-electron chi connectivity index (χ2n) is 7.14. The number of piperazine rings is 1. The van der Waals surface area contributed by atoms with E-state index in [0.29, 0.717) is 6.54 Å². The summed E-state index contributed by atoms with van der Waals surface area (Å²) in [6.07, 6.45) is 6.67. The number of nitrogens with zero attached hydrogens (tertiary/aromatic N) is 4. The molecular formula is C22H28N6O2. The molecule has 158 valence electrons. The fourth-order valence-corrected chi connectivity index (χ4v) is 3.18. The molecule has 30 heavy (non-hydrogen) atoms. The van der Waals surface area contributed by atoms with Crippen LogP contribution in [0.3, 0.4) is 0 Å². The van der Waals surface area contributed by atoms with Crippen molar-refractivity contribution in [2.24, 2.45) is 0 Å². The van der Waals surface area contributed by atoms with E-state index in [-0.39, 0.29) is 11.8 Å². The SMILES string of the molecule is CC(NC(=O)/C=C/c1ccccc1)C(=O)NCCN1CCN(c2ncccn2)CC1. The predicted molar refractivity (Wildman–Crippen MR) is 117 cm³/mol. The van der Waals surface area contributed by atoms with Gasteiger partial charge in [0, 0.05) is 57.7 Å². The Morgan fingerprint density at radius 1 is 1.07 bits per heavy atom. The number of nitrogens with one attached hydrogen (secondary N) is 2. The average molecular weight is 409 g/mol. The van der Waals surface area contributed by atoms with Crippen LogP contribution in [0, 0.1) is 0 Å². The first-order chi connectivity index (χ1) is 14.6. The third-order valence-corrected chi connectivity index (χ3v) is 4.91. The number of hydrogen-bond donors (Lipinski definition) is 2. The Balaban J connectivity index is 1.32. The quantitative estimate of drug-likeness (QED) is 0.632. The molecule has 2 amide bonds. The lowest BCUT2D eigenvalue weighted by Crippen LogP contribution is -2.50. The maximum absolute atomic E-state index is 12.2. The first-order valence-electron chi connectivity index (χ1n) is 10.2. The molecule has 0 bridgehead atoms. The first kappa shape index (κ1) is 21.4. The average Bonchev–Trinajstić information content (AvgIpc) is 2.79. The van der Waals surface area contributed by atoms with Crippen LogP contribution in [0.15, 0.2) is 54.9 Å². The minimum absolute atomic E-state index is 0.187. The van der Waals surface area contributed by atoms with Gasteiger partial charge in [0.05, 0.1) is 0 Å². The van der Waals surface area contributed by atoms with E-state index in [9.17, 15) is 9.59 Å². The third kappa shape index (κ3) is 6.66. The molecule has 0 spiro atoms. The predicted octanol–water partition coefficient (Wildman–Crippen LogP) is 0.933. The van der Waals surface area contributed by atoms with E-state index in [1.807, 2.05) is 36.4 Å². The summed E-state index contributed by atoms with van der Waals surface area (Å²) in [5.41, 5.74) is 0.934. The standard InChI is InChI=1S/C22H28N6O2/c1-18(26-20(29)9-8-19-6-3-2-4-7-19)21(30)23-12-13-27-14-16-28(17-15-27)22-24-10-5-11-25-22/h2-11,18H,12-17H2,1H3,(H,23,30)(H,26,29)/b9-8+. The first-order valence-corrected chi connectivity index (χ1v) is 10.2. The van der Waals surface area contributed by atoms with Gasteiger partial charge in [-0.25, -0.2) is 9.97 Å². The highest BCUT2D eigenvalue weighted by atomic mass is 16.2. The molecule has 3 rings (SSSR count). The minimum atomic E-state index is -0.593. The Labute approximate surface area is 177 Å². The van der Waals surface area contributed by atoms with Gasteiger partial charge in [-0.15, -0.1) is 0 Å². The molecule has 1 aliphatic heterocycles. The van der Waals surface area contributed by atoms with E-state index in [2.05, 4.69) is 30.4 Å². The summed E-state index contributed by atoms with van der Waals surface area (Å²) in [6, 6.07) is 10.8. The van der Waals surface area contributed by atoms with Crippen LogP contribution in [0.25, 0.3) is 6.08 Å². The topological polar surface area (TPSA) is 90.5 Å². The van der Waals surface area contributed by atoms with Gasteiger partial charge in [0.15, 0.2) is 0 Å². The normalized spacial score (nSPS) is 15.7. The second kappa shape index (κ2) is 11.1. The molecule has 1 saturated heterocycles. The van der Waals surface area contributed by atoms with Crippen LogP contribution in [0.5, 0.6) is 0 Å². The van der Waals surface area contributed by atoms with Crippen LogP contribution in [-0.2, 0) is 9.59 Å². The minimum Gasteiger partial charge on any atom is -0.353 e. The van der Waals surface area contributed by atoms with Crippen molar-refractivity contribution in [3.8, 4) is 0 Å². The maximum Gasteiger partial charge on any atom is 0.244 e. The molecular weight excluding hydrogens is 380 g/mol. The van der Waals surface area contributed by atoms with Gasteiger partial charge < -0.3 is 15.5 Å². The van der Waals surface area contributed by atoms with Gasteiger partial charge in [-0.2, -0.15) is 0 Å². The second-order valence-corrected chi connectivity index (χ2v) is 7.14. The molecule has 1 fully saturated rings. The molecule has 2 heterocycles. The molecule has 8 nitrogen and oxygen atoms in total. The molecule has 1 unspecified atom stereocenters. The zero-order chi connectivity index (χ0) is 21.2. The van der Waals surface area contributed by atoms with E-state index < -0.39 is 6.04 Å². The van der Waals surface area contributed by atoms with Crippen molar-refractivity contribution in [2.75, 3.05) is 44.2 Å². The number of anilines is 1. The van der Waals surface area contributed by atoms with Crippen molar-refractivity contribution in [1.82, 2.24) is 25.5 Å². The Kier molecular flexibility index (Phi) is 7.91. The van der Waals surface area contributed by atoms with Gasteiger partial charge in [0.25, 0.3) is 0 Å². The largest absolute Gasteiger partial charge is 0.353 e. The highest BCUT2D eigenvalue weighted by Crippen LogP contribution is 2.09. The molecule has 2 aromatic rings. The van der Waals surface area contributed by atoms with Crippen molar-refractivity contribution < 1.29 is 9.59 Å². The maximum atomic E-state index is 12.2. The lowest BCUT2D eigenvalue weighted by molar-refractivity contribution is -0.126. The number of carbonyl (C=O) groups excluding carboxylic acids is 2. The number of aromatic nitrogens is 2. The smallest absolute Gasteiger partial charge is 0.244 e. The zero-order valence-electron chi connectivity index (χ0n) is 17.2. The van der Waals surface area contributed by atoms with E-state index in [1.54, 1.807) is 25.4 Å². The van der Waals surface area contributed by atoms with Gasteiger partial charge in [-0.05, 0) is 24.6 Å². The Bertz CT molecular complexity index is 835. The van der Waals surface area contributed by atoms with E-state index >= 15 is 0 Å². The zero-order valence-corrected chi connectivity index (χ0v) is 17.2. The van der Waals surface area contributed by atoms with Crippen LogP contribution >= 0.6 is 0 Å². The van der Waals surface area contributed by atoms with Crippen molar-refractivity contribution in [1.29, 1.82) is 0 Å². The highest BCUT2D eigenvalue weighted by Gasteiger charge is 2.19. The molecule has 1 aliphatic rings. The van der Waals surface area contributed by atoms with Crippen LogP contribution in [-0.4, -0.2) is 72.0 Å². The summed E-state index contributed by atoms with van der Waals surface area (Å²) in [5.74, 6) is 0.282. The van der Waals surface area contributed by atoms with E-state index in [1.165, 1.54) is 6.08 Å². The molecule has 2 N–H and O–H groups in total. The lowest BCUT2D eigenvalue weighted by atomic mass is 10.2. The van der Waals surface area contributed by atoms with Crippen molar-refractivity contribution in [3.05, 3.63) is 60.4 Å². The molecule has 1 aromatic carbocycles. The molecule has 1 atom stereocenters. The fourth-order valence-electron chi connectivity index (χ4n) is 3.18. The fraction of sp³-hybridized carbons (Fsp3) is 0.364. The summed E-state index contributed by atoms with van der Waals surface area (Å²) in [4.78, 5) is 37.3. The molecule has 0 radical (unpaired) electrons. The van der Waals surface area contributed by atoms with Crippen molar-refractivity contribution in [3.63, 3.8) is 0 Å². The van der Waals surface area contributed by atoms with Gasteiger partial charge in [0.1, 0.15) is 6.04 Å². The van der Waals surface area contributed by atoms with Crippen LogP contribution in [0.4, 0.5) is 5.95 Å². The van der Waals surface area contributed by atoms with Gasteiger partial charge >= 0.3 is 0 Å². The Hall–Kier alpha value is -3.26. The van der Waals surface area contributed by atoms with E-state index in [0.717, 1.165) is 44.2 Å². The molecule has 1 aromatic heterocycles. The molecule has 0 saturated carbocycles. The Morgan fingerprint density at radius 2 is 1.77 bits per heavy atom. The van der Waals surface area contributed by atoms with Gasteiger partial charge in [-0.3, -0.25) is 14.5 Å². The molecule has 8 heteroatoms. The third-order valence-electron chi connectivity index (χ3n) is 4.91. The number of carbonyl (C=O) groups is 2. The van der Waals surface area contributed by atoms with Crippen molar-refractivity contribution >= 4 is 23.8 Å². The van der Waals surface area contributed by atoms with Crippen LogP contribution in [0.2, 0.25) is 0 Å². The number of benzene rings is 1. The molecule has 0 aliphatic carbocycles. The summed E-state index contributed by atoms with van der Waals surface area (Å²) >= 11 is 0. The summed E-state index contributed by atoms with van der Waals surface area (Å²) in [5, 5.41) is 5.58. The van der Waals surface area contributed by atoms with Crippen molar-refractivity contribution in [2.45, 2.75) is 13.0 Å². The summed E-state index contributed by atoms with van der Waals surface area (Å²) < 4.78 is 0. The number of hydrogen-bond acceptors (Lipinski definition) is 6. The summed E-state index contributed by atoms with van der Waals surface area (Å²) in [6.45, 7) is 6.50. The van der Waals surface area contributed by atoms with Crippen LogP contribution in [0.1, 0.15) is 12.5 Å². The number of rotatable bonds is 8. The highest BCUT2D eigenvalue weighted by molar-refractivity contribution is 5.95. The van der Waals surface area contributed by atoms with Crippen LogP contribution < -0.4 is 15.5 Å². The lowest BCUT2D eigenvalue weighted by Gasteiger charge is -2.34. The monoisotopic (exact) mass is 408 g/mol. The number of amides is 2. The Morgan fingerprint density at radius 3 is 2.47 bits per heavy atom. The van der Waals surface area contributed by atoms with Gasteiger partial charge in [0.2, 0.25) is 17.8 Å². The van der Waals surface area contributed by atoms with E-state index in [4.69, 9.17) is 0 Å². The van der Waals surface area contributed by atoms with Gasteiger partial charge in [-0.1, -0.05) is 30.3 Å².